The first-order chi connectivity index (χ1) is 9.99. The van der Waals surface area contributed by atoms with Gasteiger partial charge in [0.15, 0.2) is 0 Å². The third kappa shape index (κ3) is 4.17. The van der Waals surface area contributed by atoms with Crippen LogP contribution in [0.4, 0.5) is 4.39 Å². The minimum atomic E-state index is -0.548. The van der Waals surface area contributed by atoms with Crippen LogP contribution < -0.4 is 5.32 Å². The van der Waals surface area contributed by atoms with E-state index in [1.807, 2.05) is 18.7 Å². The van der Waals surface area contributed by atoms with Gasteiger partial charge in [-0.1, -0.05) is 11.6 Å². The maximum atomic E-state index is 13.6. The van der Waals surface area contributed by atoms with Crippen LogP contribution in [0.15, 0.2) is 18.2 Å². The summed E-state index contributed by atoms with van der Waals surface area (Å²) < 4.78 is 13.6. The van der Waals surface area contributed by atoms with Crippen molar-refractivity contribution in [3.05, 3.63) is 34.6 Å². The fourth-order valence-electron chi connectivity index (χ4n) is 2.67. The van der Waals surface area contributed by atoms with Gasteiger partial charge in [-0.3, -0.25) is 4.79 Å². The van der Waals surface area contributed by atoms with Crippen molar-refractivity contribution in [1.29, 1.82) is 0 Å². The van der Waals surface area contributed by atoms with Crippen LogP contribution in [0, 0.1) is 11.7 Å². The number of carbonyl (C=O) groups is 1. The van der Waals surface area contributed by atoms with Gasteiger partial charge in [0.05, 0.1) is 5.02 Å². The van der Waals surface area contributed by atoms with E-state index >= 15 is 0 Å². The minimum absolute atomic E-state index is 0.0426. The summed E-state index contributed by atoms with van der Waals surface area (Å²) in [7, 11) is 0. The van der Waals surface area contributed by atoms with E-state index in [0.717, 1.165) is 32.5 Å². The molecule has 1 fully saturated rings. The highest BCUT2D eigenvalue weighted by Crippen LogP contribution is 2.20. The standard InChI is InChI=1S/C16H22ClFN2O/c1-11(2)20(10-12-5-7-19-8-6-12)16(21)13-3-4-14(17)15(18)9-13/h3-4,9,11-12,19H,5-8,10H2,1-2H3. The third-order valence-electron chi connectivity index (χ3n) is 3.96. The third-order valence-corrected chi connectivity index (χ3v) is 4.27. The van der Waals surface area contributed by atoms with Crippen LogP contribution in [0.2, 0.25) is 5.02 Å². The molecule has 1 aliphatic heterocycles. The molecule has 1 N–H and O–H groups in total. The van der Waals surface area contributed by atoms with Crippen LogP contribution in [0.25, 0.3) is 0 Å². The molecule has 0 radical (unpaired) electrons. The Morgan fingerprint density at radius 1 is 1.43 bits per heavy atom. The fraction of sp³-hybridized carbons (Fsp3) is 0.562. The van der Waals surface area contributed by atoms with Gasteiger partial charge in [-0.2, -0.15) is 0 Å². The monoisotopic (exact) mass is 312 g/mol. The lowest BCUT2D eigenvalue weighted by molar-refractivity contribution is 0.0657. The summed E-state index contributed by atoms with van der Waals surface area (Å²) in [6.07, 6.45) is 2.15. The number of piperidine rings is 1. The summed E-state index contributed by atoms with van der Waals surface area (Å²) in [5, 5.41) is 3.37. The van der Waals surface area contributed by atoms with E-state index < -0.39 is 5.82 Å². The molecule has 1 aromatic rings. The molecule has 1 aliphatic rings. The van der Waals surface area contributed by atoms with Crippen LogP contribution in [-0.2, 0) is 0 Å². The van der Waals surface area contributed by atoms with E-state index in [1.54, 1.807) is 6.07 Å². The number of nitrogens with one attached hydrogen (secondary N) is 1. The first-order valence-electron chi connectivity index (χ1n) is 7.45. The van der Waals surface area contributed by atoms with Crippen molar-refractivity contribution in [2.75, 3.05) is 19.6 Å². The fourth-order valence-corrected chi connectivity index (χ4v) is 2.78. The molecule has 1 heterocycles. The van der Waals surface area contributed by atoms with Crippen LogP contribution in [0.5, 0.6) is 0 Å². The quantitative estimate of drug-likeness (QED) is 0.925. The van der Waals surface area contributed by atoms with E-state index in [9.17, 15) is 9.18 Å². The van der Waals surface area contributed by atoms with Crippen molar-refractivity contribution < 1.29 is 9.18 Å². The van der Waals surface area contributed by atoms with Crippen molar-refractivity contribution in [3.8, 4) is 0 Å². The topological polar surface area (TPSA) is 32.3 Å². The van der Waals surface area contributed by atoms with Crippen LogP contribution in [-0.4, -0.2) is 36.5 Å². The average molecular weight is 313 g/mol. The molecule has 0 atom stereocenters. The van der Waals surface area contributed by atoms with Gasteiger partial charge in [-0.25, -0.2) is 4.39 Å². The van der Waals surface area contributed by atoms with Gasteiger partial charge < -0.3 is 10.2 Å². The number of carbonyl (C=O) groups excluding carboxylic acids is 1. The van der Waals surface area contributed by atoms with Gasteiger partial charge >= 0.3 is 0 Å². The molecule has 1 aromatic carbocycles. The first-order valence-corrected chi connectivity index (χ1v) is 7.83. The maximum absolute atomic E-state index is 13.6. The Hall–Kier alpha value is -1.13. The lowest BCUT2D eigenvalue weighted by Crippen LogP contribution is -2.43. The number of hydrogen-bond donors (Lipinski definition) is 1. The molecular weight excluding hydrogens is 291 g/mol. The Kier molecular flexibility index (Phi) is 5.59. The number of rotatable bonds is 4. The maximum Gasteiger partial charge on any atom is 0.254 e. The normalized spacial score (nSPS) is 16.2. The highest BCUT2D eigenvalue weighted by atomic mass is 35.5. The van der Waals surface area contributed by atoms with Gasteiger partial charge in [-0.05, 0) is 63.9 Å². The zero-order valence-corrected chi connectivity index (χ0v) is 13.3. The van der Waals surface area contributed by atoms with E-state index in [2.05, 4.69) is 5.32 Å². The Morgan fingerprint density at radius 2 is 2.10 bits per heavy atom. The second-order valence-electron chi connectivity index (χ2n) is 5.87. The van der Waals surface area contributed by atoms with Gasteiger partial charge in [0.25, 0.3) is 5.91 Å². The van der Waals surface area contributed by atoms with Gasteiger partial charge in [-0.15, -0.1) is 0 Å². The largest absolute Gasteiger partial charge is 0.336 e. The number of nitrogens with zero attached hydrogens (tertiary/aromatic N) is 1. The van der Waals surface area contributed by atoms with Crippen molar-refractivity contribution >= 4 is 17.5 Å². The van der Waals surface area contributed by atoms with E-state index in [4.69, 9.17) is 11.6 Å². The van der Waals surface area contributed by atoms with Crippen molar-refractivity contribution in [1.82, 2.24) is 10.2 Å². The molecule has 116 valence electrons. The molecule has 0 bridgehead atoms. The summed E-state index contributed by atoms with van der Waals surface area (Å²) in [5.41, 5.74) is 0.361. The van der Waals surface area contributed by atoms with Crippen molar-refractivity contribution in [2.45, 2.75) is 32.7 Å². The molecule has 5 heteroatoms. The summed E-state index contributed by atoms with van der Waals surface area (Å²) in [6, 6.07) is 4.34. The Bertz CT molecular complexity index is 501. The average Bonchev–Trinajstić information content (AvgIpc) is 2.47. The predicted octanol–water partition coefficient (Wildman–Crippen LogP) is 3.33. The van der Waals surface area contributed by atoms with E-state index in [-0.39, 0.29) is 17.0 Å². The molecule has 0 unspecified atom stereocenters. The van der Waals surface area contributed by atoms with Crippen LogP contribution in [0.3, 0.4) is 0 Å². The zero-order chi connectivity index (χ0) is 15.4. The smallest absolute Gasteiger partial charge is 0.254 e. The summed E-state index contributed by atoms with van der Waals surface area (Å²) in [5.74, 6) is -0.165. The number of amides is 1. The Balaban J connectivity index is 2.12. The molecule has 2 rings (SSSR count). The van der Waals surface area contributed by atoms with Crippen molar-refractivity contribution in [3.63, 3.8) is 0 Å². The second kappa shape index (κ2) is 7.23. The molecule has 1 saturated heterocycles. The summed E-state index contributed by atoms with van der Waals surface area (Å²) in [6.45, 7) is 6.71. The molecule has 0 spiro atoms. The zero-order valence-electron chi connectivity index (χ0n) is 12.5. The van der Waals surface area contributed by atoms with Crippen molar-refractivity contribution in [2.24, 2.45) is 5.92 Å². The predicted molar refractivity (Wildman–Crippen MR) is 83.2 cm³/mol. The molecule has 3 nitrogen and oxygen atoms in total. The summed E-state index contributed by atoms with van der Waals surface area (Å²) in [4.78, 5) is 14.5. The minimum Gasteiger partial charge on any atom is -0.336 e. The molecule has 1 amide bonds. The molecule has 0 saturated carbocycles. The number of benzene rings is 1. The molecular formula is C16H22ClFN2O. The van der Waals surface area contributed by atoms with Gasteiger partial charge in [0, 0.05) is 18.2 Å². The number of hydrogen-bond acceptors (Lipinski definition) is 2. The molecule has 21 heavy (non-hydrogen) atoms. The first kappa shape index (κ1) is 16.2. The van der Waals surface area contributed by atoms with Crippen LogP contribution >= 0.6 is 11.6 Å². The Morgan fingerprint density at radius 3 is 2.67 bits per heavy atom. The highest BCUT2D eigenvalue weighted by molar-refractivity contribution is 6.30. The molecule has 0 aromatic heterocycles. The molecule has 0 aliphatic carbocycles. The van der Waals surface area contributed by atoms with Crippen LogP contribution in [0.1, 0.15) is 37.0 Å². The summed E-state index contributed by atoms with van der Waals surface area (Å²) >= 11 is 5.68. The number of halogens is 2. The highest BCUT2D eigenvalue weighted by Gasteiger charge is 2.24. The lowest BCUT2D eigenvalue weighted by Gasteiger charge is -2.33. The lowest BCUT2D eigenvalue weighted by atomic mass is 9.96. The van der Waals surface area contributed by atoms with Gasteiger partial charge in [0.2, 0.25) is 0 Å². The Labute approximate surface area is 130 Å². The van der Waals surface area contributed by atoms with E-state index in [1.165, 1.54) is 12.1 Å². The van der Waals surface area contributed by atoms with E-state index in [0.29, 0.717) is 11.5 Å². The van der Waals surface area contributed by atoms with Gasteiger partial charge in [0.1, 0.15) is 5.82 Å². The second-order valence-corrected chi connectivity index (χ2v) is 6.28. The SMILES string of the molecule is CC(C)N(CC1CCNCC1)C(=O)c1ccc(Cl)c(F)c1.